The van der Waals surface area contributed by atoms with Crippen LogP contribution in [-0.4, -0.2) is 37.2 Å². The van der Waals surface area contributed by atoms with Crippen molar-refractivity contribution in [3.8, 4) is 0 Å². The summed E-state index contributed by atoms with van der Waals surface area (Å²) in [5.74, 6) is 1.80. The van der Waals surface area contributed by atoms with Gasteiger partial charge in [0.2, 0.25) is 0 Å². The van der Waals surface area contributed by atoms with Gasteiger partial charge in [-0.1, -0.05) is 350 Å². The van der Waals surface area contributed by atoms with Gasteiger partial charge in [-0.2, -0.15) is 0 Å². The van der Waals surface area contributed by atoms with Crippen molar-refractivity contribution < 1.29 is 28.6 Å². The standard InChI is InChI=1S/C69H134O6/c1-7-64(5)56-50-44-38-32-25-21-17-13-9-11-15-19-23-27-34-40-46-52-58-67(70)73-61-66(62-74-68(71)59-53-47-41-35-30-29-31-37-43-49-55-63(3)4)75-69(72)60-54-48-42-36-28-24-20-16-12-10-14-18-22-26-33-39-45-51-57-65(6)8-2/h63-66H,7-62H2,1-6H3/t64?,65?,66-/m1/s1. The molecule has 0 radical (unpaired) electrons. The van der Waals surface area contributed by atoms with Crippen LogP contribution in [0.1, 0.15) is 388 Å². The number of hydrogen-bond donors (Lipinski definition) is 0. The Morgan fingerprint density at radius 2 is 0.467 bits per heavy atom. The van der Waals surface area contributed by atoms with Crippen molar-refractivity contribution in [2.75, 3.05) is 13.2 Å². The summed E-state index contributed by atoms with van der Waals surface area (Å²) in [6.45, 7) is 13.9. The highest BCUT2D eigenvalue weighted by atomic mass is 16.6. The van der Waals surface area contributed by atoms with Gasteiger partial charge in [-0.3, -0.25) is 14.4 Å². The van der Waals surface area contributed by atoms with Crippen LogP contribution in [0, 0.1) is 17.8 Å². The Kier molecular flexibility index (Phi) is 58.8. The molecule has 0 aliphatic rings. The molecular weight excluding hydrogens is 925 g/mol. The van der Waals surface area contributed by atoms with Crippen LogP contribution in [0.5, 0.6) is 0 Å². The summed E-state index contributed by atoms with van der Waals surface area (Å²) in [5, 5.41) is 0. The van der Waals surface area contributed by atoms with Crippen molar-refractivity contribution in [3.05, 3.63) is 0 Å². The zero-order chi connectivity index (χ0) is 54.8. The summed E-state index contributed by atoms with van der Waals surface area (Å²) >= 11 is 0. The molecule has 0 rings (SSSR count). The molecule has 0 fully saturated rings. The Balaban J connectivity index is 4.23. The van der Waals surface area contributed by atoms with E-state index in [9.17, 15) is 14.4 Å². The van der Waals surface area contributed by atoms with Crippen LogP contribution in [-0.2, 0) is 28.6 Å². The van der Waals surface area contributed by atoms with Crippen molar-refractivity contribution in [2.45, 2.75) is 394 Å². The Morgan fingerprint density at radius 1 is 0.267 bits per heavy atom. The summed E-state index contributed by atoms with van der Waals surface area (Å²) in [6, 6.07) is 0. The molecule has 3 atom stereocenters. The van der Waals surface area contributed by atoms with Gasteiger partial charge in [0.05, 0.1) is 0 Å². The molecule has 0 saturated carbocycles. The number of esters is 3. The maximum absolute atomic E-state index is 12.9. The molecule has 75 heavy (non-hydrogen) atoms. The van der Waals surface area contributed by atoms with Gasteiger partial charge in [0.15, 0.2) is 6.10 Å². The highest BCUT2D eigenvalue weighted by molar-refractivity contribution is 5.71. The molecule has 6 heteroatoms. The highest BCUT2D eigenvalue weighted by Crippen LogP contribution is 2.20. The first-order chi connectivity index (χ1) is 36.7. The first-order valence-electron chi connectivity index (χ1n) is 34.2. The normalized spacial score (nSPS) is 12.8. The SMILES string of the molecule is CCC(C)CCCCCCCCCCCCCCCCCCCCC(=O)OC[C@H](COC(=O)CCCCCCCCCCCCC(C)C)OC(=O)CCCCCCCCCCCCCCCCCCCCC(C)CC. The van der Waals surface area contributed by atoms with Gasteiger partial charge in [-0.15, -0.1) is 0 Å². The van der Waals surface area contributed by atoms with Crippen LogP contribution in [0.25, 0.3) is 0 Å². The molecule has 446 valence electrons. The fraction of sp³-hybridized carbons (Fsp3) is 0.957. The maximum Gasteiger partial charge on any atom is 0.306 e. The van der Waals surface area contributed by atoms with Crippen molar-refractivity contribution in [1.82, 2.24) is 0 Å². The predicted octanol–water partition coefficient (Wildman–Crippen LogP) is 23.0. The summed E-state index contributed by atoms with van der Waals surface area (Å²) in [4.78, 5) is 38.4. The number of carbonyl (C=O) groups is 3. The van der Waals surface area contributed by atoms with E-state index in [-0.39, 0.29) is 31.1 Å². The van der Waals surface area contributed by atoms with Crippen LogP contribution in [0.4, 0.5) is 0 Å². The molecule has 0 aromatic heterocycles. The number of carbonyl (C=O) groups excluding carboxylic acids is 3. The summed E-state index contributed by atoms with van der Waals surface area (Å²) in [6.07, 6.45) is 66.8. The average molecular weight is 1060 g/mol. The number of rotatable bonds is 62. The van der Waals surface area contributed by atoms with Gasteiger partial charge >= 0.3 is 17.9 Å². The van der Waals surface area contributed by atoms with Crippen LogP contribution in [0.15, 0.2) is 0 Å². The van der Waals surface area contributed by atoms with Gasteiger partial charge in [0.1, 0.15) is 13.2 Å². The molecule has 0 spiro atoms. The molecule has 0 aromatic rings. The molecular formula is C69H134O6. The van der Waals surface area contributed by atoms with Gasteiger partial charge in [0.25, 0.3) is 0 Å². The van der Waals surface area contributed by atoms with Gasteiger partial charge < -0.3 is 14.2 Å². The third kappa shape index (κ3) is 59.9. The molecule has 0 aliphatic carbocycles. The number of hydrogen-bond acceptors (Lipinski definition) is 6. The summed E-state index contributed by atoms with van der Waals surface area (Å²) in [5.41, 5.74) is 0. The van der Waals surface area contributed by atoms with E-state index in [0.29, 0.717) is 19.3 Å². The smallest absolute Gasteiger partial charge is 0.306 e. The fourth-order valence-corrected chi connectivity index (χ4v) is 10.7. The molecule has 0 N–H and O–H groups in total. The maximum atomic E-state index is 12.9. The van der Waals surface area contributed by atoms with Crippen LogP contribution < -0.4 is 0 Å². The van der Waals surface area contributed by atoms with Gasteiger partial charge in [-0.25, -0.2) is 0 Å². The largest absolute Gasteiger partial charge is 0.462 e. The third-order valence-corrected chi connectivity index (χ3v) is 16.6. The minimum atomic E-state index is -0.765. The van der Waals surface area contributed by atoms with Gasteiger partial charge in [0, 0.05) is 19.3 Å². The molecule has 0 saturated heterocycles. The lowest BCUT2D eigenvalue weighted by Gasteiger charge is -2.18. The first-order valence-corrected chi connectivity index (χ1v) is 34.2. The van der Waals surface area contributed by atoms with Gasteiger partial charge in [-0.05, 0) is 37.0 Å². The minimum Gasteiger partial charge on any atom is -0.462 e. The second-order valence-electron chi connectivity index (χ2n) is 24.8. The van der Waals surface area contributed by atoms with E-state index in [4.69, 9.17) is 14.2 Å². The van der Waals surface area contributed by atoms with Crippen molar-refractivity contribution >= 4 is 17.9 Å². The molecule has 0 aromatic carbocycles. The minimum absolute atomic E-state index is 0.0624. The lowest BCUT2D eigenvalue weighted by molar-refractivity contribution is -0.167. The summed E-state index contributed by atoms with van der Waals surface area (Å²) < 4.78 is 17.0. The quantitative estimate of drug-likeness (QED) is 0.0343. The lowest BCUT2D eigenvalue weighted by Crippen LogP contribution is -2.30. The van der Waals surface area contributed by atoms with Crippen LogP contribution in [0.2, 0.25) is 0 Å². The Labute approximate surface area is 469 Å². The second-order valence-corrected chi connectivity index (χ2v) is 24.8. The average Bonchev–Trinajstić information content (AvgIpc) is 3.40. The van der Waals surface area contributed by atoms with E-state index in [0.717, 1.165) is 75.5 Å². The van der Waals surface area contributed by atoms with E-state index < -0.39 is 6.10 Å². The predicted molar refractivity (Wildman–Crippen MR) is 326 cm³/mol. The number of ether oxygens (including phenoxy) is 3. The molecule has 6 nitrogen and oxygen atoms in total. The Bertz CT molecular complexity index is 1170. The lowest BCUT2D eigenvalue weighted by atomic mass is 9.99. The topological polar surface area (TPSA) is 78.9 Å². The Hall–Kier alpha value is -1.59. The third-order valence-electron chi connectivity index (χ3n) is 16.6. The Morgan fingerprint density at radius 3 is 0.693 bits per heavy atom. The highest BCUT2D eigenvalue weighted by Gasteiger charge is 2.20. The molecule has 0 heterocycles. The molecule has 0 aliphatic heterocycles. The zero-order valence-corrected chi connectivity index (χ0v) is 51.9. The fourth-order valence-electron chi connectivity index (χ4n) is 10.7. The van der Waals surface area contributed by atoms with E-state index in [1.807, 2.05) is 0 Å². The molecule has 0 bridgehead atoms. The summed E-state index contributed by atoms with van der Waals surface area (Å²) in [7, 11) is 0. The molecule has 2 unspecified atom stereocenters. The van der Waals surface area contributed by atoms with Crippen molar-refractivity contribution in [2.24, 2.45) is 17.8 Å². The van der Waals surface area contributed by atoms with Crippen molar-refractivity contribution in [3.63, 3.8) is 0 Å². The second kappa shape index (κ2) is 60.1. The van der Waals surface area contributed by atoms with Crippen molar-refractivity contribution in [1.29, 1.82) is 0 Å². The zero-order valence-electron chi connectivity index (χ0n) is 51.9. The monoisotopic (exact) mass is 1060 g/mol. The van der Waals surface area contributed by atoms with E-state index in [1.165, 1.54) is 270 Å². The van der Waals surface area contributed by atoms with E-state index in [1.54, 1.807) is 0 Å². The molecule has 0 amide bonds. The van der Waals surface area contributed by atoms with E-state index >= 15 is 0 Å². The van der Waals surface area contributed by atoms with E-state index in [2.05, 4.69) is 41.5 Å². The number of unbranched alkanes of at least 4 members (excludes halogenated alkanes) is 43. The first kappa shape index (κ1) is 73.4. The van der Waals surface area contributed by atoms with Crippen LogP contribution >= 0.6 is 0 Å². The van der Waals surface area contributed by atoms with Crippen LogP contribution in [0.3, 0.4) is 0 Å².